The fourth-order valence-electron chi connectivity index (χ4n) is 0.859. The van der Waals surface area contributed by atoms with Crippen LogP contribution in [-0.2, 0) is 4.74 Å². The Kier molecular flexibility index (Phi) is 1.90. The van der Waals surface area contributed by atoms with Crippen molar-refractivity contribution in [3.8, 4) is 0 Å². The second-order valence-electron chi connectivity index (χ2n) is 2.47. The minimum absolute atomic E-state index is 0.628. The molecule has 0 aromatic heterocycles. The summed E-state index contributed by atoms with van der Waals surface area (Å²) in [5, 5.41) is 0. The highest BCUT2D eigenvalue weighted by Crippen LogP contribution is 2.21. The van der Waals surface area contributed by atoms with Crippen LogP contribution >= 0.6 is 0 Å². The molecule has 1 rings (SSSR count). The lowest BCUT2D eigenvalue weighted by molar-refractivity contribution is -0.0524. The quantitative estimate of drug-likeness (QED) is 0.527. The molecule has 1 saturated heterocycles. The number of hydrogen-bond donors (Lipinski definition) is 0. The summed E-state index contributed by atoms with van der Waals surface area (Å²) in [6.07, 6.45) is 1.19. The van der Waals surface area contributed by atoms with Crippen LogP contribution in [0.4, 0.5) is 0 Å². The van der Waals surface area contributed by atoms with E-state index in [4.69, 9.17) is 4.74 Å². The third-order valence-corrected chi connectivity index (χ3v) is 1.85. The van der Waals surface area contributed by atoms with Crippen molar-refractivity contribution in [2.75, 3.05) is 13.2 Å². The predicted octanol–water partition coefficient (Wildman–Crippen LogP) is 1.49. The maximum atomic E-state index is 5.02. The van der Waals surface area contributed by atoms with E-state index < -0.39 is 0 Å². The van der Waals surface area contributed by atoms with Crippen LogP contribution in [0.3, 0.4) is 0 Å². The van der Waals surface area contributed by atoms with Gasteiger partial charge in [0.15, 0.2) is 0 Å². The molecule has 1 atom stereocenters. The summed E-state index contributed by atoms with van der Waals surface area (Å²) in [7, 11) is 0. The van der Waals surface area contributed by atoms with Crippen LogP contribution in [0.5, 0.6) is 0 Å². The zero-order valence-electron chi connectivity index (χ0n) is 5.39. The summed E-state index contributed by atoms with van der Waals surface area (Å²) in [5.74, 6) is 1.39. The molecule has 47 valence electrons. The Balaban J connectivity index is 2.13. The highest BCUT2D eigenvalue weighted by atomic mass is 16.5. The van der Waals surface area contributed by atoms with Gasteiger partial charge in [0, 0.05) is 5.92 Å². The molecule has 1 nitrogen and oxygen atoms in total. The highest BCUT2D eigenvalue weighted by Gasteiger charge is 2.23. The molecule has 0 N–H and O–H groups in total. The second-order valence-corrected chi connectivity index (χ2v) is 2.47. The molecule has 1 heteroatoms. The van der Waals surface area contributed by atoms with Crippen molar-refractivity contribution in [2.24, 2.45) is 11.8 Å². The average Bonchev–Trinajstić information content (AvgIpc) is 1.62. The number of ether oxygens (including phenoxy) is 1. The molecule has 0 spiro atoms. The standard InChI is InChI=1S/C7H13O/c1-3-6(2)7-4-8-5-7/h6-7H,2-5H2,1H3. The molecule has 0 amide bonds. The van der Waals surface area contributed by atoms with Gasteiger partial charge < -0.3 is 4.74 Å². The molecule has 0 aromatic rings. The van der Waals surface area contributed by atoms with Gasteiger partial charge in [-0.2, -0.15) is 0 Å². The molecule has 1 unspecified atom stereocenters. The van der Waals surface area contributed by atoms with Crippen LogP contribution in [0, 0.1) is 18.8 Å². The summed E-state index contributed by atoms with van der Waals surface area (Å²) >= 11 is 0. The fraction of sp³-hybridized carbons (Fsp3) is 0.857. The van der Waals surface area contributed by atoms with Gasteiger partial charge in [-0.05, 0) is 12.8 Å². The lowest BCUT2D eigenvalue weighted by Gasteiger charge is -2.30. The van der Waals surface area contributed by atoms with E-state index in [1.54, 1.807) is 0 Å². The van der Waals surface area contributed by atoms with Crippen molar-refractivity contribution in [3.63, 3.8) is 0 Å². The Morgan fingerprint density at radius 2 is 2.38 bits per heavy atom. The SMILES string of the molecule is [CH2]C(CC)C1COC1. The molecule has 1 radical (unpaired) electrons. The van der Waals surface area contributed by atoms with E-state index in [9.17, 15) is 0 Å². The van der Waals surface area contributed by atoms with Gasteiger partial charge in [0.25, 0.3) is 0 Å². The maximum Gasteiger partial charge on any atom is 0.0519 e. The monoisotopic (exact) mass is 113 g/mol. The molecular weight excluding hydrogens is 100 g/mol. The molecule has 0 aromatic carbocycles. The highest BCUT2D eigenvalue weighted by molar-refractivity contribution is 4.75. The predicted molar refractivity (Wildman–Crippen MR) is 33.4 cm³/mol. The van der Waals surface area contributed by atoms with Gasteiger partial charge in [-0.3, -0.25) is 0 Å². The first-order valence-corrected chi connectivity index (χ1v) is 3.25. The maximum absolute atomic E-state index is 5.02. The minimum Gasteiger partial charge on any atom is -0.381 e. The summed E-state index contributed by atoms with van der Waals surface area (Å²) in [5.41, 5.74) is 0. The molecule has 1 aliphatic rings. The zero-order chi connectivity index (χ0) is 5.98. The van der Waals surface area contributed by atoms with Crippen LogP contribution in [0.1, 0.15) is 13.3 Å². The minimum atomic E-state index is 0.628. The van der Waals surface area contributed by atoms with E-state index in [2.05, 4.69) is 13.8 Å². The molecule has 1 heterocycles. The Morgan fingerprint density at radius 1 is 1.75 bits per heavy atom. The van der Waals surface area contributed by atoms with Crippen LogP contribution in [0.15, 0.2) is 0 Å². The summed E-state index contributed by atoms with van der Waals surface area (Å²) < 4.78 is 5.02. The van der Waals surface area contributed by atoms with Crippen molar-refractivity contribution >= 4 is 0 Å². The largest absolute Gasteiger partial charge is 0.381 e. The summed E-state index contributed by atoms with van der Waals surface area (Å²) in [6, 6.07) is 0. The smallest absolute Gasteiger partial charge is 0.0519 e. The molecule has 0 bridgehead atoms. The Labute approximate surface area is 51.0 Å². The normalized spacial score (nSPS) is 24.8. The zero-order valence-corrected chi connectivity index (χ0v) is 5.39. The van der Waals surface area contributed by atoms with Gasteiger partial charge in [-0.25, -0.2) is 0 Å². The van der Waals surface area contributed by atoms with E-state index in [1.807, 2.05) is 0 Å². The van der Waals surface area contributed by atoms with Gasteiger partial charge in [0.2, 0.25) is 0 Å². The Morgan fingerprint density at radius 3 is 2.50 bits per heavy atom. The Bertz CT molecular complexity index is 64.0. The lowest BCUT2D eigenvalue weighted by atomic mass is 9.91. The van der Waals surface area contributed by atoms with Crippen molar-refractivity contribution in [1.29, 1.82) is 0 Å². The van der Waals surface area contributed by atoms with E-state index in [0.29, 0.717) is 5.92 Å². The average molecular weight is 113 g/mol. The van der Waals surface area contributed by atoms with Gasteiger partial charge in [0.1, 0.15) is 0 Å². The molecule has 0 aliphatic carbocycles. The third kappa shape index (κ3) is 1.03. The van der Waals surface area contributed by atoms with Crippen molar-refractivity contribution in [3.05, 3.63) is 6.92 Å². The van der Waals surface area contributed by atoms with Crippen molar-refractivity contribution in [1.82, 2.24) is 0 Å². The molecule has 1 aliphatic heterocycles. The van der Waals surface area contributed by atoms with Crippen LogP contribution in [0.25, 0.3) is 0 Å². The molecule has 8 heavy (non-hydrogen) atoms. The van der Waals surface area contributed by atoms with E-state index >= 15 is 0 Å². The van der Waals surface area contributed by atoms with Crippen LogP contribution in [0.2, 0.25) is 0 Å². The summed E-state index contributed by atoms with van der Waals surface area (Å²) in [6.45, 7) is 8.07. The molecule has 1 fully saturated rings. The van der Waals surface area contributed by atoms with Gasteiger partial charge in [-0.15, -0.1) is 0 Å². The Hall–Kier alpha value is -0.0400. The number of rotatable bonds is 2. The van der Waals surface area contributed by atoms with Crippen molar-refractivity contribution < 1.29 is 4.74 Å². The van der Waals surface area contributed by atoms with Gasteiger partial charge in [0.05, 0.1) is 13.2 Å². The first kappa shape index (κ1) is 6.09. The first-order chi connectivity index (χ1) is 3.84. The van der Waals surface area contributed by atoms with Crippen LogP contribution < -0.4 is 0 Å². The topological polar surface area (TPSA) is 9.23 Å². The summed E-state index contributed by atoms with van der Waals surface area (Å²) in [4.78, 5) is 0. The van der Waals surface area contributed by atoms with Gasteiger partial charge in [-0.1, -0.05) is 13.3 Å². The second kappa shape index (κ2) is 2.49. The first-order valence-electron chi connectivity index (χ1n) is 3.25. The fourth-order valence-corrected chi connectivity index (χ4v) is 0.859. The van der Waals surface area contributed by atoms with Crippen LogP contribution in [-0.4, -0.2) is 13.2 Å². The lowest BCUT2D eigenvalue weighted by Crippen LogP contribution is -2.32. The number of hydrogen-bond acceptors (Lipinski definition) is 1. The molecule has 0 saturated carbocycles. The third-order valence-electron chi connectivity index (χ3n) is 1.85. The van der Waals surface area contributed by atoms with Crippen molar-refractivity contribution in [2.45, 2.75) is 13.3 Å². The van der Waals surface area contributed by atoms with Gasteiger partial charge >= 0.3 is 0 Å². The van der Waals surface area contributed by atoms with E-state index in [0.717, 1.165) is 19.1 Å². The molecular formula is C7H13O. The van der Waals surface area contributed by atoms with E-state index in [-0.39, 0.29) is 0 Å². The van der Waals surface area contributed by atoms with E-state index in [1.165, 1.54) is 6.42 Å².